The molecular formula is C8H3Br4NO2. The van der Waals surface area contributed by atoms with Crippen LogP contribution in [0.3, 0.4) is 0 Å². The fourth-order valence-corrected chi connectivity index (χ4v) is 3.49. The van der Waals surface area contributed by atoms with E-state index in [9.17, 15) is 9.59 Å². The van der Waals surface area contributed by atoms with Gasteiger partial charge in [-0.3, -0.25) is 14.9 Å². The summed E-state index contributed by atoms with van der Waals surface area (Å²) in [6.07, 6.45) is 1.70. The summed E-state index contributed by atoms with van der Waals surface area (Å²) >= 11 is 13.6. The summed E-state index contributed by atoms with van der Waals surface area (Å²) in [5, 5.41) is 2.25. The van der Waals surface area contributed by atoms with Crippen molar-refractivity contribution in [1.82, 2.24) is 5.32 Å². The standard InChI is InChI=1S/C8H3Br4NO2/c9-3-1-2-4(5(10)8(3,11)12)7(15)13-6(2)14/h1,3H,(H,13,14,15). The second kappa shape index (κ2) is 3.78. The Morgan fingerprint density at radius 1 is 1.27 bits per heavy atom. The Balaban J connectivity index is 2.65. The molecule has 1 fully saturated rings. The number of rotatable bonds is 0. The third-order valence-electron chi connectivity index (χ3n) is 2.14. The predicted molar refractivity (Wildman–Crippen MR) is 70.5 cm³/mol. The molecule has 1 atom stereocenters. The fourth-order valence-electron chi connectivity index (χ4n) is 1.38. The number of allylic oxidation sites excluding steroid dienone is 2. The highest BCUT2D eigenvalue weighted by Crippen LogP contribution is 2.51. The molecule has 2 amide bonds. The number of nitrogens with one attached hydrogen (secondary N) is 1. The van der Waals surface area contributed by atoms with Gasteiger partial charge >= 0.3 is 0 Å². The van der Waals surface area contributed by atoms with E-state index in [1.54, 1.807) is 6.08 Å². The van der Waals surface area contributed by atoms with Gasteiger partial charge < -0.3 is 0 Å². The van der Waals surface area contributed by atoms with Gasteiger partial charge in [0.25, 0.3) is 11.8 Å². The monoisotopic (exact) mass is 461 g/mol. The lowest BCUT2D eigenvalue weighted by atomic mass is 10.00. The van der Waals surface area contributed by atoms with Crippen molar-refractivity contribution in [2.45, 2.75) is 8.06 Å². The van der Waals surface area contributed by atoms with Gasteiger partial charge in [0.15, 0.2) is 0 Å². The van der Waals surface area contributed by atoms with E-state index in [0.717, 1.165) is 0 Å². The van der Waals surface area contributed by atoms with Crippen LogP contribution in [-0.4, -0.2) is 19.9 Å². The maximum atomic E-state index is 11.5. The molecule has 0 aromatic rings. The van der Waals surface area contributed by atoms with Crippen molar-refractivity contribution >= 4 is 75.5 Å². The van der Waals surface area contributed by atoms with Crippen molar-refractivity contribution < 1.29 is 9.59 Å². The molecule has 0 aromatic carbocycles. The third kappa shape index (κ3) is 1.71. The average Bonchev–Trinajstić information content (AvgIpc) is 2.39. The first-order valence-electron chi connectivity index (χ1n) is 3.85. The molecule has 0 saturated carbocycles. The minimum absolute atomic E-state index is 0.130. The van der Waals surface area contributed by atoms with Crippen LogP contribution in [0.4, 0.5) is 0 Å². The lowest BCUT2D eigenvalue weighted by Gasteiger charge is -2.28. The van der Waals surface area contributed by atoms with Crippen LogP contribution in [0.2, 0.25) is 0 Å². The number of carbonyl (C=O) groups excluding carboxylic acids is 2. The molecule has 2 aliphatic rings. The van der Waals surface area contributed by atoms with Crippen molar-refractivity contribution in [2.24, 2.45) is 0 Å². The van der Waals surface area contributed by atoms with Crippen LogP contribution in [0.5, 0.6) is 0 Å². The van der Waals surface area contributed by atoms with E-state index < -0.39 is 3.23 Å². The van der Waals surface area contributed by atoms with Crippen LogP contribution in [0, 0.1) is 0 Å². The predicted octanol–water partition coefficient (Wildman–Crippen LogP) is 2.48. The Labute approximate surface area is 119 Å². The van der Waals surface area contributed by atoms with E-state index >= 15 is 0 Å². The first kappa shape index (κ1) is 12.0. The highest BCUT2D eigenvalue weighted by molar-refractivity contribution is 9.27. The molecule has 3 nitrogen and oxygen atoms in total. The summed E-state index contributed by atoms with van der Waals surface area (Å²) in [5.41, 5.74) is 0.785. The average molecular weight is 465 g/mol. The number of hydrogen-bond acceptors (Lipinski definition) is 2. The molecular weight excluding hydrogens is 462 g/mol. The summed E-state index contributed by atoms with van der Waals surface area (Å²) in [5.74, 6) is -0.729. The first-order valence-corrected chi connectivity index (χ1v) is 7.15. The lowest BCUT2D eigenvalue weighted by molar-refractivity contribution is -0.123. The minimum atomic E-state index is -0.596. The Morgan fingerprint density at radius 3 is 2.47 bits per heavy atom. The van der Waals surface area contributed by atoms with E-state index in [1.165, 1.54) is 0 Å². The maximum absolute atomic E-state index is 11.5. The van der Waals surface area contributed by atoms with Crippen molar-refractivity contribution in [3.8, 4) is 0 Å². The number of hydrogen-bond donors (Lipinski definition) is 1. The van der Waals surface area contributed by atoms with Gasteiger partial charge in [0.2, 0.25) is 0 Å². The second-order valence-electron chi connectivity index (χ2n) is 3.08. The van der Waals surface area contributed by atoms with Gasteiger partial charge in [0.05, 0.1) is 16.0 Å². The van der Waals surface area contributed by atoms with Crippen LogP contribution < -0.4 is 5.32 Å². The van der Waals surface area contributed by atoms with Gasteiger partial charge in [-0.05, 0) is 0 Å². The summed E-state index contributed by atoms with van der Waals surface area (Å²) < 4.78 is 0.0126. The van der Waals surface area contributed by atoms with E-state index in [1.807, 2.05) is 0 Å². The topological polar surface area (TPSA) is 46.2 Å². The molecule has 80 valence electrons. The number of imide groups is 1. The number of amides is 2. The Kier molecular flexibility index (Phi) is 3.03. The quantitative estimate of drug-likeness (QED) is 0.442. The number of fused-ring (bicyclic) bond motifs is 1. The maximum Gasteiger partial charge on any atom is 0.259 e. The van der Waals surface area contributed by atoms with Gasteiger partial charge in [-0.2, -0.15) is 0 Å². The molecule has 0 spiro atoms. The SMILES string of the molecule is O=C1NC(=O)C2=C(Br)C(Br)(Br)C(Br)C=C12. The largest absolute Gasteiger partial charge is 0.288 e. The summed E-state index contributed by atoms with van der Waals surface area (Å²) in [7, 11) is 0. The molecule has 7 heteroatoms. The van der Waals surface area contributed by atoms with Gasteiger partial charge in [-0.15, -0.1) is 0 Å². The number of alkyl halides is 3. The van der Waals surface area contributed by atoms with Crippen molar-refractivity contribution in [1.29, 1.82) is 0 Å². The van der Waals surface area contributed by atoms with Crippen molar-refractivity contribution in [2.75, 3.05) is 0 Å². The molecule has 15 heavy (non-hydrogen) atoms. The van der Waals surface area contributed by atoms with Crippen LogP contribution in [0.1, 0.15) is 0 Å². The molecule has 1 aliphatic carbocycles. The van der Waals surface area contributed by atoms with Crippen molar-refractivity contribution in [3.63, 3.8) is 0 Å². The minimum Gasteiger partial charge on any atom is -0.288 e. The van der Waals surface area contributed by atoms with Crippen LogP contribution >= 0.6 is 63.7 Å². The zero-order valence-electron chi connectivity index (χ0n) is 6.98. The highest BCUT2D eigenvalue weighted by Gasteiger charge is 2.46. The molecule has 2 rings (SSSR count). The Bertz CT molecular complexity index is 438. The smallest absolute Gasteiger partial charge is 0.259 e. The molecule has 1 unspecified atom stereocenters. The fraction of sp³-hybridized carbons (Fsp3) is 0.250. The zero-order valence-corrected chi connectivity index (χ0v) is 13.3. The van der Waals surface area contributed by atoms with Crippen molar-refractivity contribution in [3.05, 3.63) is 21.7 Å². The molecule has 1 heterocycles. The van der Waals surface area contributed by atoms with Gasteiger partial charge in [0, 0.05) is 4.48 Å². The van der Waals surface area contributed by atoms with E-state index in [4.69, 9.17) is 0 Å². The molecule has 0 bridgehead atoms. The van der Waals surface area contributed by atoms with E-state index in [0.29, 0.717) is 15.6 Å². The summed E-state index contributed by atoms with van der Waals surface area (Å²) in [4.78, 5) is 22.8. The molecule has 0 radical (unpaired) electrons. The number of carbonyl (C=O) groups is 2. The zero-order chi connectivity index (χ0) is 11.4. The van der Waals surface area contributed by atoms with Crippen LogP contribution in [0.15, 0.2) is 21.7 Å². The normalized spacial score (nSPS) is 28.8. The molecule has 0 aromatic heterocycles. The molecule has 1 N–H and O–H groups in total. The molecule has 1 saturated heterocycles. The van der Waals surface area contributed by atoms with E-state index in [-0.39, 0.29) is 16.6 Å². The highest BCUT2D eigenvalue weighted by atomic mass is 79.9. The number of halogens is 4. The Hall–Kier alpha value is 0.540. The molecule has 1 aliphatic heterocycles. The summed E-state index contributed by atoms with van der Waals surface area (Å²) in [6.45, 7) is 0. The summed E-state index contributed by atoms with van der Waals surface area (Å²) in [6, 6.07) is 0. The van der Waals surface area contributed by atoms with Crippen LogP contribution in [0.25, 0.3) is 0 Å². The van der Waals surface area contributed by atoms with Gasteiger partial charge in [0.1, 0.15) is 3.23 Å². The first-order chi connectivity index (χ1) is 6.85. The lowest BCUT2D eigenvalue weighted by Crippen LogP contribution is -2.29. The van der Waals surface area contributed by atoms with Gasteiger partial charge in [-0.25, -0.2) is 0 Å². The van der Waals surface area contributed by atoms with Crippen LogP contribution in [-0.2, 0) is 9.59 Å². The van der Waals surface area contributed by atoms with E-state index in [2.05, 4.69) is 69.0 Å². The second-order valence-corrected chi connectivity index (χ2v) is 8.42. The van der Waals surface area contributed by atoms with Gasteiger partial charge in [-0.1, -0.05) is 69.8 Å². The Morgan fingerprint density at radius 2 is 1.87 bits per heavy atom. The third-order valence-corrected chi connectivity index (χ3v) is 8.18.